The third-order valence-electron chi connectivity index (χ3n) is 5.81. The first-order valence-electron chi connectivity index (χ1n) is 11.5. The molecule has 0 radical (unpaired) electrons. The molecular weight excluding hydrogens is 432 g/mol. The van der Waals surface area contributed by atoms with Crippen LogP contribution in [0.4, 0.5) is 11.5 Å². The number of carbonyl (C=O) groups is 3. The highest BCUT2D eigenvalue weighted by atomic mass is 16.2. The minimum Gasteiger partial charge on any atom is -0.339 e. The van der Waals surface area contributed by atoms with Crippen LogP contribution in [-0.2, 0) is 14.4 Å². The van der Waals surface area contributed by atoms with Gasteiger partial charge in [-0.1, -0.05) is 24.3 Å². The summed E-state index contributed by atoms with van der Waals surface area (Å²) in [6.07, 6.45) is 0. The van der Waals surface area contributed by atoms with Crippen LogP contribution in [0.15, 0.2) is 36.4 Å². The van der Waals surface area contributed by atoms with Crippen LogP contribution in [0.2, 0.25) is 0 Å². The Kier molecular flexibility index (Phi) is 8.72. The number of rotatable bonds is 8. The number of nitrogens with zero attached hydrogens (tertiary/aromatic N) is 4. The van der Waals surface area contributed by atoms with E-state index in [1.165, 1.54) is 0 Å². The van der Waals surface area contributed by atoms with Gasteiger partial charge in [-0.2, -0.15) is 0 Å². The second-order valence-electron chi connectivity index (χ2n) is 8.86. The number of carbonyl (C=O) groups excluding carboxylic acids is 3. The van der Waals surface area contributed by atoms with Gasteiger partial charge in [0.05, 0.1) is 19.6 Å². The van der Waals surface area contributed by atoms with Crippen LogP contribution in [0.1, 0.15) is 16.8 Å². The van der Waals surface area contributed by atoms with E-state index in [1.54, 1.807) is 22.9 Å². The van der Waals surface area contributed by atoms with Crippen molar-refractivity contribution >= 4 is 29.2 Å². The van der Waals surface area contributed by atoms with E-state index in [-0.39, 0.29) is 30.8 Å². The van der Waals surface area contributed by atoms with Crippen molar-refractivity contribution in [1.82, 2.24) is 19.7 Å². The smallest absolute Gasteiger partial charge is 0.239 e. The van der Waals surface area contributed by atoms with E-state index in [0.717, 1.165) is 22.5 Å². The molecule has 0 aliphatic carbocycles. The van der Waals surface area contributed by atoms with Gasteiger partial charge in [0.2, 0.25) is 17.7 Å². The quantitative estimate of drug-likeness (QED) is 0.614. The SMILES string of the molecule is Cc1cccc(NC(=O)CN(C)CC(=O)N2CCN(CC(=O)Nc3c(C)cccc3C)CC2)n1. The molecule has 2 N–H and O–H groups in total. The van der Waals surface area contributed by atoms with Gasteiger partial charge in [0.15, 0.2) is 0 Å². The molecule has 182 valence electrons. The molecule has 1 aromatic carbocycles. The highest BCUT2D eigenvalue weighted by Gasteiger charge is 2.24. The summed E-state index contributed by atoms with van der Waals surface area (Å²) in [6, 6.07) is 11.4. The fourth-order valence-corrected chi connectivity index (χ4v) is 3.98. The topological polar surface area (TPSA) is 97.9 Å². The number of pyridine rings is 1. The van der Waals surface area contributed by atoms with Crippen LogP contribution >= 0.6 is 0 Å². The molecule has 2 heterocycles. The van der Waals surface area contributed by atoms with E-state index >= 15 is 0 Å². The molecule has 2 aromatic rings. The molecule has 9 nitrogen and oxygen atoms in total. The lowest BCUT2D eigenvalue weighted by molar-refractivity contribution is -0.134. The van der Waals surface area contributed by atoms with Gasteiger partial charge in [-0.15, -0.1) is 0 Å². The summed E-state index contributed by atoms with van der Waals surface area (Å²) in [4.78, 5) is 47.2. The predicted octanol–water partition coefficient (Wildman–Crippen LogP) is 1.66. The zero-order valence-electron chi connectivity index (χ0n) is 20.4. The largest absolute Gasteiger partial charge is 0.339 e. The Hall–Kier alpha value is -3.30. The Balaban J connectivity index is 1.39. The first kappa shape index (κ1) is 25.3. The Morgan fingerprint density at radius 2 is 1.53 bits per heavy atom. The second-order valence-corrected chi connectivity index (χ2v) is 8.86. The van der Waals surface area contributed by atoms with E-state index < -0.39 is 0 Å². The van der Waals surface area contributed by atoms with E-state index in [2.05, 4.69) is 20.5 Å². The summed E-state index contributed by atoms with van der Waals surface area (Å²) in [5.74, 6) is 0.213. The molecule has 0 unspecified atom stereocenters. The molecule has 0 saturated carbocycles. The minimum absolute atomic E-state index is 0.0244. The maximum absolute atomic E-state index is 12.7. The van der Waals surface area contributed by atoms with Gasteiger partial charge >= 0.3 is 0 Å². The first-order valence-corrected chi connectivity index (χ1v) is 11.5. The van der Waals surface area contributed by atoms with Crippen molar-refractivity contribution in [3.63, 3.8) is 0 Å². The van der Waals surface area contributed by atoms with Crippen LogP contribution in [0.3, 0.4) is 0 Å². The van der Waals surface area contributed by atoms with Gasteiger partial charge in [0.1, 0.15) is 5.82 Å². The number of amides is 3. The van der Waals surface area contributed by atoms with Crippen LogP contribution in [0.25, 0.3) is 0 Å². The van der Waals surface area contributed by atoms with Gasteiger partial charge < -0.3 is 15.5 Å². The summed E-state index contributed by atoms with van der Waals surface area (Å²) in [6.45, 7) is 8.75. The number of para-hydroxylation sites is 1. The average molecular weight is 467 g/mol. The van der Waals surface area contributed by atoms with Crippen LogP contribution in [0, 0.1) is 20.8 Å². The van der Waals surface area contributed by atoms with Gasteiger partial charge in [0, 0.05) is 37.6 Å². The van der Waals surface area contributed by atoms with Crippen LogP contribution in [0.5, 0.6) is 0 Å². The number of aryl methyl sites for hydroxylation is 3. The van der Waals surface area contributed by atoms with Gasteiger partial charge in [0.25, 0.3) is 0 Å². The van der Waals surface area contributed by atoms with Gasteiger partial charge in [-0.25, -0.2) is 4.98 Å². The van der Waals surface area contributed by atoms with Gasteiger partial charge in [-0.3, -0.25) is 24.2 Å². The molecule has 1 aliphatic rings. The van der Waals surface area contributed by atoms with Crippen molar-refractivity contribution in [3.05, 3.63) is 53.2 Å². The van der Waals surface area contributed by atoms with Crippen molar-refractivity contribution in [2.75, 3.05) is 63.5 Å². The zero-order valence-corrected chi connectivity index (χ0v) is 20.4. The molecule has 0 atom stereocenters. The molecule has 1 fully saturated rings. The van der Waals surface area contributed by atoms with Crippen molar-refractivity contribution in [1.29, 1.82) is 0 Å². The highest BCUT2D eigenvalue weighted by Crippen LogP contribution is 2.19. The number of likely N-dealkylation sites (N-methyl/N-ethyl adjacent to an activating group) is 1. The molecule has 0 spiro atoms. The second kappa shape index (κ2) is 11.7. The number of nitrogens with one attached hydrogen (secondary N) is 2. The summed E-state index contributed by atoms with van der Waals surface area (Å²) in [5.41, 5.74) is 3.77. The van der Waals surface area contributed by atoms with Crippen LogP contribution in [-0.4, -0.2) is 90.3 Å². The van der Waals surface area contributed by atoms with Crippen molar-refractivity contribution in [2.45, 2.75) is 20.8 Å². The lowest BCUT2D eigenvalue weighted by atomic mass is 10.1. The monoisotopic (exact) mass is 466 g/mol. The normalized spacial score (nSPS) is 14.2. The van der Waals surface area contributed by atoms with E-state index in [9.17, 15) is 14.4 Å². The maximum atomic E-state index is 12.7. The third kappa shape index (κ3) is 7.36. The predicted molar refractivity (Wildman–Crippen MR) is 133 cm³/mol. The molecule has 3 amide bonds. The van der Waals surface area contributed by atoms with Gasteiger partial charge in [-0.05, 0) is 51.1 Å². The number of aromatic nitrogens is 1. The Labute approximate surface area is 201 Å². The maximum Gasteiger partial charge on any atom is 0.239 e. The lowest BCUT2D eigenvalue weighted by Crippen LogP contribution is -2.52. The molecule has 3 rings (SSSR count). The summed E-state index contributed by atoms with van der Waals surface area (Å²) >= 11 is 0. The Morgan fingerprint density at radius 1 is 0.882 bits per heavy atom. The molecule has 0 bridgehead atoms. The molecule has 9 heteroatoms. The zero-order chi connectivity index (χ0) is 24.7. The lowest BCUT2D eigenvalue weighted by Gasteiger charge is -2.35. The number of hydrogen-bond acceptors (Lipinski definition) is 6. The van der Waals surface area contributed by atoms with Crippen LogP contribution < -0.4 is 10.6 Å². The van der Waals surface area contributed by atoms with Crippen molar-refractivity contribution in [3.8, 4) is 0 Å². The highest BCUT2D eigenvalue weighted by molar-refractivity contribution is 5.94. The molecular formula is C25H34N6O3. The van der Waals surface area contributed by atoms with E-state index in [1.807, 2.05) is 51.1 Å². The molecule has 1 saturated heterocycles. The number of anilines is 2. The number of hydrogen-bond donors (Lipinski definition) is 2. The fourth-order valence-electron chi connectivity index (χ4n) is 3.98. The number of piperazine rings is 1. The minimum atomic E-state index is -0.215. The average Bonchev–Trinajstić information content (AvgIpc) is 2.76. The Morgan fingerprint density at radius 3 is 2.18 bits per heavy atom. The molecule has 34 heavy (non-hydrogen) atoms. The summed E-state index contributed by atoms with van der Waals surface area (Å²) < 4.78 is 0. The van der Waals surface area contributed by atoms with E-state index in [0.29, 0.717) is 38.5 Å². The molecule has 1 aliphatic heterocycles. The van der Waals surface area contributed by atoms with E-state index in [4.69, 9.17) is 0 Å². The summed E-state index contributed by atoms with van der Waals surface area (Å²) in [7, 11) is 1.75. The van der Waals surface area contributed by atoms with Crippen molar-refractivity contribution in [2.24, 2.45) is 0 Å². The number of benzene rings is 1. The Bertz CT molecular complexity index is 1010. The standard InChI is InChI=1S/C25H34N6O3/c1-18-7-5-8-19(2)25(18)28-23(33)16-30-11-13-31(14-12-30)24(34)17-29(4)15-22(32)27-21-10-6-9-20(3)26-21/h5-10H,11-17H2,1-4H3,(H,28,33)(H,26,27,32). The van der Waals surface area contributed by atoms with Crippen molar-refractivity contribution < 1.29 is 14.4 Å². The first-order chi connectivity index (χ1) is 16.2. The fraction of sp³-hybridized carbons (Fsp3) is 0.440. The third-order valence-corrected chi connectivity index (χ3v) is 5.81. The summed E-state index contributed by atoms with van der Waals surface area (Å²) in [5, 5.41) is 5.77. The molecule has 1 aromatic heterocycles.